The van der Waals surface area contributed by atoms with Gasteiger partial charge in [-0.2, -0.15) is 0 Å². The maximum absolute atomic E-state index is 14.1. The molecule has 12 nitrogen and oxygen atoms in total. The van der Waals surface area contributed by atoms with E-state index in [1.165, 1.54) is 6.07 Å². The Morgan fingerprint density at radius 2 is 1.83 bits per heavy atom. The number of rotatable bonds is 8. The number of nitrogens with zero attached hydrogens (tertiary/aromatic N) is 7. The third-order valence-electron chi connectivity index (χ3n) is 10.5. The molecule has 5 aromatic rings. The Morgan fingerprint density at radius 1 is 0.981 bits per heavy atom. The molecule has 2 atom stereocenters. The molecular weight excluding hydrogens is 684 g/mol. The van der Waals surface area contributed by atoms with Crippen LogP contribution in [0.1, 0.15) is 48.4 Å². The zero-order chi connectivity index (χ0) is 37.2. The summed E-state index contributed by atoms with van der Waals surface area (Å²) in [6.07, 6.45) is 4.34. The Morgan fingerprint density at radius 3 is 2.65 bits per heavy atom. The van der Waals surface area contributed by atoms with Gasteiger partial charge in [0, 0.05) is 63.0 Å². The summed E-state index contributed by atoms with van der Waals surface area (Å²) in [6.45, 7) is 4.77. The van der Waals surface area contributed by atoms with Crippen molar-refractivity contribution in [3.63, 3.8) is 0 Å². The van der Waals surface area contributed by atoms with Crippen LogP contribution < -0.4 is 20.4 Å². The number of carbonyl (C=O) groups is 2. The highest BCUT2D eigenvalue weighted by atomic mass is 19.1. The molecular formula is C41H41FN10O2. The number of carbonyl (C=O) groups excluding carboxylic acids is 2. The molecule has 3 N–H and O–H groups in total. The fraction of sp³-hybridized carbons (Fsp3) is 0.317. The first-order valence-electron chi connectivity index (χ1n) is 18.4. The molecule has 1 unspecified atom stereocenters. The van der Waals surface area contributed by atoms with Gasteiger partial charge in [-0.25, -0.2) is 18.9 Å². The normalized spacial score (nSPS) is 19.1. The number of amides is 2. The number of anilines is 3. The summed E-state index contributed by atoms with van der Waals surface area (Å²) in [7, 11) is 1.78. The SMILES string of the molecule is CNc1cc(C#CCN2CCN(c3cccc(-c4cnc5ccc(N6CCC[C@@H]6c6cccc(F)c6)nn45)n3)CC2)ccc1C(=N)C1CCC(=O)NC1=O. The second-order valence-electron chi connectivity index (χ2n) is 13.9. The van der Waals surface area contributed by atoms with Gasteiger partial charge >= 0.3 is 0 Å². The smallest absolute Gasteiger partial charge is 0.235 e. The molecule has 3 aliphatic rings. The molecule has 3 aliphatic heterocycles. The van der Waals surface area contributed by atoms with Crippen LogP contribution in [-0.2, 0) is 9.59 Å². The number of piperazine rings is 1. The van der Waals surface area contributed by atoms with Crippen molar-refractivity contribution in [3.8, 4) is 23.2 Å². The molecule has 3 saturated heterocycles. The third-order valence-corrected chi connectivity index (χ3v) is 10.5. The number of pyridine rings is 1. The molecule has 0 bridgehead atoms. The first-order chi connectivity index (χ1) is 26.3. The number of imidazole rings is 1. The summed E-state index contributed by atoms with van der Waals surface area (Å²) in [5.41, 5.74) is 5.67. The second kappa shape index (κ2) is 15.1. The Bertz CT molecular complexity index is 2300. The lowest BCUT2D eigenvalue weighted by Gasteiger charge is -2.34. The maximum atomic E-state index is 14.1. The van der Waals surface area contributed by atoms with Crippen molar-refractivity contribution in [1.29, 1.82) is 5.41 Å². The summed E-state index contributed by atoms with van der Waals surface area (Å²) in [4.78, 5) is 40.4. The molecule has 2 aromatic carbocycles. The van der Waals surface area contributed by atoms with Gasteiger partial charge in [-0.05, 0) is 79.4 Å². The van der Waals surface area contributed by atoms with Gasteiger partial charge in [0.2, 0.25) is 11.8 Å². The number of imide groups is 1. The van der Waals surface area contributed by atoms with Crippen LogP contribution in [0.25, 0.3) is 17.0 Å². The fourth-order valence-corrected chi connectivity index (χ4v) is 7.64. The number of fused-ring (bicyclic) bond motifs is 1. The van der Waals surface area contributed by atoms with Crippen LogP contribution in [0.4, 0.5) is 21.7 Å². The lowest BCUT2D eigenvalue weighted by molar-refractivity contribution is -0.134. The van der Waals surface area contributed by atoms with Gasteiger partial charge in [0.1, 0.15) is 23.1 Å². The first kappa shape index (κ1) is 34.9. The minimum absolute atomic E-state index is 0.0661. The van der Waals surface area contributed by atoms with Crippen LogP contribution >= 0.6 is 0 Å². The third kappa shape index (κ3) is 7.12. The predicted molar refractivity (Wildman–Crippen MR) is 206 cm³/mol. The number of aromatic nitrogens is 4. The molecule has 0 aliphatic carbocycles. The van der Waals surface area contributed by atoms with Crippen LogP contribution in [0.3, 0.4) is 0 Å². The van der Waals surface area contributed by atoms with E-state index in [2.05, 4.69) is 42.2 Å². The highest BCUT2D eigenvalue weighted by Gasteiger charge is 2.32. The average Bonchev–Trinajstić information content (AvgIpc) is 3.86. The fourth-order valence-electron chi connectivity index (χ4n) is 7.64. The highest BCUT2D eigenvalue weighted by molar-refractivity contribution is 6.17. The largest absolute Gasteiger partial charge is 0.388 e. The van der Waals surface area contributed by atoms with E-state index < -0.39 is 11.8 Å². The van der Waals surface area contributed by atoms with Crippen LogP contribution in [0.15, 0.2) is 79.0 Å². The zero-order valence-corrected chi connectivity index (χ0v) is 30.1. The Balaban J connectivity index is 0.906. The monoisotopic (exact) mass is 724 g/mol. The number of hydrogen-bond acceptors (Lipinski definition) is 10. The van der Waals surface area contributed by atoms with Crippen molar-refractivity contribution in [2.24, 2.45) is 5.92 Å². The first-order valence-corrected chi connectivity index (χ1v) is 18.4. The van der Waals surface area contributed by atoms with Gasteiger partial charge in [-0.15, -0.1) is 5.10 Å². The van der Waals surface area contributed by atoms with Gasteiger partial charge in [0.15, 0.2) is 5.65 Å². The highest BCUT2D eigenvalue weighted by Crippen LogP contribution is 2.36. The summed E-state index contributed by atoms with van der Waals surface area (Å²) in [5, 5.41) is 19.2. The van der Waals surface area contributed by atoms with Crippen LogP contribution in [-0.4, -0.2) is 88.3 Å². The molecule has 0 radical (unpaired) electrons. The minimum Gasteiger partial charge on any atom is -0.388 e. The molecule has 3 aromatic heterocycles. The van der Waals surface area contributed by atoms with E-state index in [0.717, 1.165) is 91.1 Å². The lowest BCUT2D eigenvalue weighted by Crippen LogP contribution is -2.46. The van der Waals surface area contributed by atoms with E-state index in [1.807, 2.05) is 65.3 Å². The number of piperidine rings is 1. The van der Waals surface area contributed by atoms with Crippen LogP contribution in [0, 0.1) is 29.0 Å². The van der Waals surface area contributed by atoms with E-state index in [1.54, 1.807) is 19.2 Å². The number of hydrogen-bond donors (Lipinski definition) is 3. The Kier molecular flexibility index (Phi) is 9.75. The standard InChI is InChI=1S/C41H41FN10O2/c1-44-33-24-27(12-13-30(33)40(43)31-14-17-39(53)47-41(31)54)6-4-18-49-20-22-50(23-21-49)37-11-3-9-32(46-37)35-26-45-36-15-16-38(48-52(35)36)51-19-5-10-34(51)28-7-2-8-29(42)25-28/h2-3,7-9,11-13,15-16,24-26,31,34,43-44H,5,10,14,17-23H2,1H3,(H,47,53,54)/t31?,34-/m1/s1. The minimum atomic E-state index is -0.650. The number of nitrogens with one attached hydrogen (secondary N) is 3. The van der Waals surface area contributed by atoms with E-state index in [-0.39, 0.29) is 29.9 Å². The van der Waals surface area contributed by atoms with Gasteiger partial charge in [0.25, 0.3) is 0 Å². The van der Waals surface area contributed by atoms with Crippen LogP contribution in [0.2, 0.25) is 0 Å². The second-order valence-corrected chi connectivity index (χ2v) is 13.9. The molecule has 0 spiro atoms. The van der Waals surface area contributed by atoms with Gasteiger partial charge < -0.3 is 20.5 Å². The van der Waals surface area contributed by atoms with Crippen molar-refractivity contribution in [2.75, 3.05) is 61.4 Å². The van der Waals surface area contributed by atoms with Crippen molar-refractivity contribution in [1.82, 2.24) is 29.8 Å². The van der Waals surface area contributed by atoms with Crippen LogP contribution in [0.5, 0.6) is 0 Å². The predicted octanol–water partition coefficient (Wildman–Crippen LogP) is 4.91. The summed E-state index contributed by atoms with van der Waals surface area (Å²) in [6, 6.07) is 22.5. The van der Waals surface area contributed by atoms with Crippen molar-refractivity contribution in [3.05, 3.63) is 102 Å². The summed E-state index contributed by atoms with van der Waals surface area (Å²) < 4.78 is 15.9. The molecule has 274 valence electrons. The Hall–Kier alpha value is -6.13. The van der Waals surface area contributed by atoms with E-state index in [9.17, 15) is 14.0 Å². The molecule has 8 rings (SSSR count). The van der Waals surface area contributed by atoms with E-state index in [0.29, 0.717) is 18.5 Å². The van der Waals surface area contributed by atoms with E-state index >= 15 is 0 Å². The molecule has 0 saturated carbocycles. The van der Waals surface area contributed by atoms with E-state index in [4.69, 9.17) is 15.5 Å². The van der Waals surface area contributed by atoms with Gasteiger partial charge in [-0.3, -0.25) is 19.8 Å². The molecule has 2 amide bonds. The summed E-state index contributed by atoms with van der Waals surface area (Å²) in [5.74, 6) is 6.71. The molecule has 13 heteroatoms. The maximum Gasteiger partial charge on any atom is 0.235 e. The lowest BCUT2D eigenvalue weighted by atomic mass is 9.88. The van der Waals surface area contributed by atoms with Gasteiger partial charge in [0.05, 0.1) is 36.1 Å². The average molecular weight is 725 g/mol. The van der Waals surface area contributed by atoms with Gasteiger partial charge in [-0.1, -0.05) is 30.0 Å². The quantitative estimate of drug-likeness (QED) is 0.116. The number of benzene rings is 2. The molecule has 3 fully saturated rings. The molecule has 54 heavy (non-hydrogen) atoms. The van der Waals surface area contributed by atoms with Crippen molar-refractivity contribution in [2.45, 2.75) is 31.7 Å². The van der Waals surface area contributed by atoms with Crippen molar-refractivity contribution >= 4 is 40.5 Å². The topological polar surface area (TPSA) is 135 Å². The zero-order valence-electron chi connectivity index (χ0n) is 30.1. The molecule has 6 heterocycles. The van der Waals surface area contributed by atoms with Crippen molar-refractivity contribution < 1.29 is 14.0 Å². The number of halogens is 1. The Labute approximate surface area is 312 Å². The summed E-state index contributed by atoms with van der Waals surface area (Å²) >= 11 is 0.